The number of benzene rings is 1. The number of sulfone groups is 1. The van der Waals surface area contributed by atoms with Crippen molar-refractivity contribution < 1.29 is 35.2 Å². The summed E-state index contributed by atoms with van der Waals surface area (Å²) in [5, 5.41) is 6.56. The highest BCUT2D eigenvalue weighted by Crippen LogP contribution is 2.71. The summed E-state index contributed by atoms with van der Waals surface area (Å²) >= 11 is 5.96. The number of nitrogens with one attached hydrogen (secondary N) is 1. The molecule has 1 aromatic carbocycles. The molecule has 8 nitrogen and oxygen atoms in total. The molecule has 15 heteroatoms. The van der Waals surface area contributed by atoms with Crippen molar-refractivity contribution in [3.05, 3.63) is 52.9 Å². The van der Waals surface area contributed by atoms with Gasteiger partial charge in [-0.3, -0.25) is 4.79 Å². The van der Waals surface area contributed by atoms with Crippen LogP contribution in [0, 0.1) is 11.3 Å². The lowest BCUT2D eigenvalue weighted by Gasteiger charge is -2.28. The van der Waals surface area contributed by atoms with Crippen LogP contribution in [0.5, 0.6) is 0 Å². The Morgan fingerprint density at radius 2 is 1.79 bits per heavy atom. The molecule has 4 heterocycles. The van der Waals surface area contributed by atoms with Crippen LogP contribution in [0.3, 0.4) is 0 Å². The van der Waals surface area contributed by atoms with E-state index < -0.39 is 61.8 Å². The van der Waals surface area contributed by atoms with Crippen molar-refractivity contribution in [2.24, 2.45) is 11.3 Å². The Kier molecular flexibility index (Phi) is 6.30. The van der Waals surface area contributed by atoms with Crippen LogP contribution < -0.4 is 10.2 Å². The van der Waals surface area contributed by atoms with E-state index in [-0.39, 0.29) is 40.0 Å². The van der Waals surface area contributed by atoms with Gasteiger partial charge in [-0.2, -0.15) is 18.3 Å². The molecular weight excluding hydrogens is 617 g/mol. The molecule has 0 bridgehead atoms. The minimum Gasteiger partial charge on any atom is -0.355 e. The van der Waals surface area contributed by atoms with Crippen molar-refractivity contribution in [1.82, 2.24) is 19.9 Å². The third kappa shape index (κ3) is 4.04. The molecule has 3 aromatic rings. The van der Waals surface area contributed by atoms with Crippen LogP contribution in [-0.2, 0) is 20.0 Å². The van der Waals surface area contributed by atoms with Gasteiger partial charge in [0.1, 0.15) is 10.8 Å². The summed E-state index contributed by atoms with van der Waals surface area (Å²) in [6.45, 7) is 4.82. The molecule has 1 aliphatic carbocycles. The number of anilines is 2. The summed E-state index contributed by atoms with van der Waals surface area (Å²) in [6, 6.07) is 7.02. The highest BCUT2D eigenvalue weighted by molar-refractivity contribution is 7.93. The summed E-state index contributed by atoms with van der Waals surface area (Å²) in [5.74, 6) is -6.17. The van der Waals surface area contributed by atoms with Gasteiger partial charge in [-0.25, -0.2) is 26.7 Å². The molecule has 6 rings (SSSR count). The quantitative estimate of drug-likeness (QED) is 0.372. The molecule has 0 spiro atoms. The van der Waals surface area contributed by atoms with E-state index in [1.807, 2.05) is 0 Å². The van der Waals surface area contributed by atoms with E-state index in [2.05, 4.69) is 15.4 Å². The van der Waals surface area contributed by atoms with Crippen LogP contribution in [-0.4, -0.2) is 64.6 Å². The molecule has 2 fully saturated rings. The van der Waals surface area contributed by atoms with Gasteiger partial charge in [-0.1, -0.05) is 23.7 Å². The zero-order chi connectivity index (χ0) is 31.5. The van der Waals surface area contributed by atoms with Gasteiger partial charge in [0.2, 0.25) is 5.91 Å². The number of carbonyl (C=O) groups is 1. The maximum Gasteiger partial charge on any atom is 0.401 e. The van der Waals surface area contributed by atoms with Gasteiger partial charge >= 0.3 is 6.18 Å². The average molecular weight is 646 g/mol. The SMILES string of the molecule is CC1(C)C(CNC(=O)[C@]2(C)[C@@H](c3ccc(N4C[C@@](C)(C(F)(F)F)c5c4cnc4cc(Cl)nn54)cc3)C2(F)F)CCS1(=O)=O. The molecule has 1 saturated heterocycles. The molecular formula is C28H29ClF5N5O3S. The molecule has 232 valence electrons. The van der Waals surface area contributed by atoms with Crippen molar-refractivity contribution in [1.29, 1.82) is 0 Å². The van der Waals surface area contributed by atoms with Crippen LogP contribution in [0.2, 0.25) is 5.15 Å². The number of aromatic nitrogens is 3. The van der Waals surface area contributed by atoms with E-state index in [0.717, 1.165) is 18.4 Å². The normalized spacial score (nSPS) is 30.4. The Morgan fingerprint density at radius 3 is 2.37 bits per heavy atom. The molecule has 1 amide bonds. The van der Waals surface area contributed by atoms with E-state index in [0.29, 0.717) is 12.1 Å². The topological polar surface area (TPSA) is 96.7 Å². The standard InChI is InChI=1S/C28H29ClF5N5O3S/c1-24(2)16(9-10-43(24,41)42)12-36-23(40)26(4)21(27(26,30)31)15-5-7-17(8-6-15)38-14-25(3,28(32,33)34)22-18(38)13-35-20-11-19(29)37-39(20)22/h5-8,11,13,16,21H,9-10,12,14H2,1-4H3,(H,36,40)/t16?,21-,25-,26+/m1/s1. The average Bonchev–Trinajstić information content (AvgIpc) is 3.24. The fourth-order valence-corrected chi connectivity index (χ4v) is 8.66. The Hall–Kier alpha value is -3.00. The lowest BCUT2D eigenvalue weighted by Crippen LogP contribution is -2.43. The minimum absolute atomic E-state index is 0.0114. The first-order valence-electron chi connectivity index (χ1n) is 13.6. The third-order valence-electron chi connectivity index (χ3n) is 9.94. The highest BCUT2D eigenvalue weighted by atomic mass is 35.5. The first-order valence-corrected chi connectivity index (χ1v) is 15.7. The number of alkyl halides is 5. The van der Waals surface area contributed by atoms with Gasteiger partial charge in [0, 0.05) is 24.8 Å². The Bertz CT molecular complexity index is 1760. The molecule has 2 aliphatic heterocycles. The van der Waals surface area contributed by atoms with Gasteiger partial charge in [0.15, 0.2) is 20.6 Å². The van der Waals surface area contributed by atoms with Crippen molar-refractivity contribution in [2.45, 2.75) is 62.3 Å². The van der Waals surface area contributed by atoms with Gasteiger partial charge in [0.25, 0.3) is 5.92 Å². The fourth-order valence-electron chi connectivity index (χ4n) is 6.65. The monoisotopic (exact) mass is 645 g/mol. The second-order valence-electron chi connectivity index (χ2n) is 12.6. The van der Waals surface area contributed by atoms with Crippen LogP contribution in [0.1, 0.15) is 51.3 Å². The Balaban J connectivity index is 1.26. The third-order valence-corrected chi connectivity index (χ3v) is 12.8. The van der Waals surface area contributed by atoms with E-state index in [4.69, 9.17) is 11.6 Å². The number of carbonyl (C=O) groups excluding carboxylic acids is 1. The second-order valence-corrected chi connectivity index (χ2v) is 15.7. The predicted octanol–water partition coefficient (Wildman–Crippen LogP) is 5.42. The number of fused-ring (bicyclic) bond motifs is 3. The summed E-state index contributed by atoms with van der Waals surface area (Å²) < 4.78 is 98.4. The van der Waals surface area contributed by atoms with Crippen molar-refractivity contribution >= 4 is 44.4 Å². The van der Waals surface area contributed by atoms with E-state index in [1.165, 1.54) is 41.4 Å². The first kappa shape index (κ1) is 30.0. The minimum atomic E-state index is -4.66. The maximum absolute atomic E-state index is 15.2. The molecule has 1 unspecified atom stereocenters. The summed E-state index contributed by atoms with van der Waals surface area (Å²) in [5.41, 5.74) is -3.78. The summed E-state index contributed by atoms with van der Waals surface area (Å²) in [7, 11) is -3.35. The van der Waals surface area contributed by atoms with Crippen LogP contribution in [0.25, 0.3) is 5.65 Å². The lowest BCUT2D eigenvalue weighted by molar-refractivity contribution is -0.181. The van der Waals surface area contributed by atoms with Crippen molar-refractivity contribution in [2.75, 3.05) is 23.7 Å². The summed E-state index contributed by atoms with van der Waals surface area (Å²) in [4.78, 5) is 18.7. The van der Waals surface area contributed by atoms with Crippen LogP contribution in [0.15, 0.2) is 36.5 Å². The van der Waals surface area contributed by atoms with Gasteiger partial charge < -0.3 is 10.2 Å². The Morgan fingerprint density at radius 1 is 1.14 bits per heavy atom. The number of nitrogens with zero attached hydrogens (tertiary/aromatic N) is 4. The molecule has 0 radical (unpaired) electrons. The van der Waals surface area contributed by atoms with Crippen LogP contribution >= 0.6 is 11.6 Å². The largest absolute Gasteiger partial charge is 0.401 e. The van der Waals surface area contributed by atoms with E-state index in [1.54, 1.807) is 13.8 Å². The number of hydrogen-bond donors (Lipinski definition) is 1. The summed E-state index contributed by atoms with van der Waals surface area (Å²) in [6.07, 6.45) is -3.03. The van der Waals surface area contributed by atoms with Gasteiger partial charge in [-0.15, -0.1) is 0 Å². The molecule has 1 N–H and O–H groups in total. The fraction of sp³-hybridized carbons (Fsp3) is 0.536. The number of hydrogen-bond acceptors (Lipinski definition) is 6. The lowest BCUT2D eigenvalue weighted by atomic mass is 9.87. The number of amides is 1. The van der Waals surface area contributed by atoms with Crippen molar-refractivity contribution in [3.63, 3.8) is 0 Å². The van der Waals surface area contributed by atoms with Gasteiger partial charge in [-0.05, 0) is 57.7 Å². The smallest absolute Gasteiger partial charge is 0.355 e. The molecule has 3 aliphatic rings. The Labute approximate surface area is 249 Å². The molecule has 2 aromatic heterocycles. The predicted molar refractivity (Wildman–Crippen MR) is 150 cm³/mol. The highest BCUT2D eigenvalue weighted by Gasteiger charge is 2.82. The number of halogens is 6. The number of rotatable bonds is 5. The second kappa shape index (κ2) is 9.02. The molecule has 43 heavy (non-hydrogen) atoms. The molecule has 1 saturated carbocycles. The zero-order valence-corrected chi connectivity index (χ0v) is 25.2. The zero-order valence-electron chi connectivity index (χ0n) is 23.6. The van der Waals surface area contributed by atoms with Crippen LogP contribution in [0.4, 0.5) is 33.3 Å². The maximum atomic E-state index is 15.2. The van der Waals surface area contributed by atoms with E-state index in [9.17, 15) is 26.4 Å². The van der Waals surface area contributed by atoms with E-state index >= 15 is 8.78 Å². The van der Waals surface area contributed by atoms with Crippen molar-refractivity contribution in [3.8, 4) is 0 Å². The molecule has 4 atom stereocenters. The first-order chi connectivity index (χ1) is 19.8. The van der Waals surface area contributed by atoms with Gasteiger partial charge in [0.05, 0.1) is 34.0 Å².